The van der Waals surface area contributed by atoms with Crippen molar-refractivity contribution >= 4 is 33.2 Å². The number of rotatable bonds is 10. The Morgan fingerprint density at radius 1 is 0.821 bits per heavy atom. The van der Waals surface area contributed by atoms with E-state index in [4.69, 9.17) is 0 Å². The van der Waals surface area contributed by atoms with Crippen LogP contribution in [-0.2, 0) is 21.2 Å². The first-order valence-corrected chi connectivity index (χ1v) is 13.7. The molecule has 7 nitrogen and oxygen atoms in total. The summed E-state index contributed by atoms with van der Waals surface area (Å²) in [6.07, 6.45) is 0.634. The number of carbonyl (C=O) groups excluding carboxylic acids is 2. The molecule has 2 amide bonds. The molecule has 0 heterocycles. The highest BCUT2D eigenvalue weighted by atomic mass is 32.2. The third kappa shape index (κ3) is 6.88. The van der Waals surface area contributed by atoms with Gasteiger partial charge in [-0.25, -0.2) is 12.8 Å². The van der Waals surface area contributed by atoms with Gasteiger partial charge in [0, 0.05) is 6.54 Å². The van der Waals surface area contributed by atoms with E-state index in [1.54, 1.807) is 36.4 Å². The van der Waals surface area contributed by atoms with Gasteiger partial charge in [-0.05, 0) is 55.3 Å². The Morgan fingerprint density at radius 2 is 1.46 bits per heavy atom. The lowest BCUT2D eigenvalue weighted by atomic mass is 10.1. The van der Waals surface area contributed by atoms with Crippen molar-refractivity contribution in [2.45, 2.75) is 18.2 Å². The molecule has 0 aromatic heterocycles. The number of anilines is 2. The van der Waals surface area contributed by atoms with E-state index in [1.807, 2.05) is 37.3 Å². The third-order valence-electron chi connectivity index (χ3n) is 6.01. The number of nitrogens with one attached hydrogen (secondary N) is 2. The Morgan fingerprint density at radius 3 is 2.18 bits per heavy atom. The average molecular weight is 546 g/mol. The zero-order valence-corrected chi connectivity index (χ0v) is 22.1. The van der Waals surface area contributed by atoms with E-state index in [0.717, 1.165) is 21.5 Å². The second-order valence-corrected chi connectivity index (χ2v) is 10.7. The molecule has 2 N–H and O–H groups in total. The fourth-order valence-electron chi connectivity index (χ4n) is 3.96. The van der Waals surface area contributed by atoms with Gasteiger partial charge in [-0.2, -0.15) is 0 Å². The Balaban J connectivity index is 1.53. The van der Waals surface area contributed by atoms with Crippen molar-refractivity contribution < 1.29 is 22.4 Å². The molecule has 4 rings (SSSR count). The lowest BCUT2D eigenvalue weighted by Crippen LogP contribution is -2.39. The summed E-state index contributed by atoms with van der Waals surface area (Å²) in [5.74, 6) is -1.92. The fourth-order valence-corrected chi connectivity index (χ4v) is 5.39. The molecule has 0 saturated carbocycles. The average Bonchev–Trinajstić information content (AvgIpc) is 2.93. The number of aryl methyl sites for hydroxylation is 1. The second kappa shape index (κ2) is 12.4. The molecular weight excluding hydrogens is 517 g/mol. The first kappa shape index (κ1) is 27.5. The van der Waals surface area contributed by atoms with Crippen molar-refractivity contribution in [1.82, 2.24) is 5.32 Å². The van der Waals surface area contributed by atoms with Gasteiger partial charge < -0.3 is 10.6 Å². The Labute approximate surface area is 227 Å². The highest BCUT2D eigenvalue weighted by molar-refractivity contribution is 7.92. The van der Waals surface area contributed by atoms with Crippen LogP contribution in [0.15, 0.2) is 108 Å². The van der Waals surface area contributed by atoms with Crippen LogP contribution in [0, 0.1) is 12.7 Å². The van der Waals surface area contributed by atoms with Crippen LogP contribution in [-0.4, -0.2) is 33.3 Å². The van der Waals surface area contributed by atoms with Crippen LogP contribution in [0.25, 0.3) is 0 Å². The summed E-state index contributed by atoms with van der Waals surface area (Å²) in [4.78, 5) is 25.9. The molecule has 4 aromatic carbocycles. The third-order valence-corrected chi connectivity index (χ3v) is 7.78. The summed E-state index contributed by atoms with van der Waals surface area (Å²) in [6, 6.07) is 27.5. The fraction of sp³-hybridized carbons (Fsp3) is 0.133. The van der Waals surface area contributed by atoms with Gasteiger partial charge in [0.05, 0.1) is 21.8 Å². The number of nitrogens with zero attached hydrogens (tertiary/aromatic N) is 1. The smallest absolute Gasteiger partial charge is 0.264 e. The molecule has 0 atom stereocenters. The minimum absolute atomic E-state index is 0.0812. The van der Waals surface area contributed by atoms with Crippen molar-refractivity contribution in [3.63, 3.8) is 0 Å². The topological polar surface area (TPSA) is 95.6 Å². The van der Waals surface area contributed by atoms with Gasteiger partial charge in [0.2, 0.25) is 5.91 Å². The van der Waals surface area contributed by atoms with Crippen molar-refractivity contribution in [2.75, 3.05) is 22.7 Å². The molecule has 0 unspecified atom stereocenters. The largest absolute Gasteiger partial charge is 0.352 e. The van der Waals surface area contributed by atoms with Gasteiger partial charge in [0.15, 0.2) is 0 Å². The maximum Gasteiger partial charge on any atom is 0.264 e. The minimum Gasteiger partial charge on any atom is -0.352 e. The molecule has 0 radical (unpaired) electrons. The SMILES string of the molecule is Cc1ccc(S(=O)(=O)N(CC(=O)Nc2ccccc2C(=O)NCCc2ccccc2)c2ccccc2F)cc1. The van der Waals surface area contributed by atoms with Crippen LogP contribution in [0.4, 0.5) is 15.8 Å². The van der Waals surface area contributed by atoms with Gasteiger partial charge in [-0.1, -0.05) is 72.3 Å². The van der Waals surface area contributed by atoms with Crippen LogP contribution in [0.1, 0.15) is 21.5 Å². The van der Waals surface area contributed by atoms with E-state index in [-0.39, 0.29) is 27.7 Å². The number of hydrogen-bond donors (Lipinski definition) is 2. The van der Waals surface area contributed by atoms with Crippen LogP contribution in [0.5, 0.6) is 0 Å². The zero-order valence-electron chi connectivity index (χ0n) is 21.3. The maximum atomic E-state index is 14.7. The van der Waals surface area contributed by atoms with Crippen LogP contribution in [0.3, 0.4) is 0 Å². The predicted molar refractivity (Wildman–Crippen MR) is 150 cm³/mol. The van der Waals surface area contributed by atoms with E-state index in [1.165, 1.54) is 30.3 Å². The van der Waals surface area contributed by atoms with Crippen LogP contribution >= 0.6 is 0 Å². The van der Waals surface area contributed by atoms with E-state index >= 15 is 0 Å². The van der Waals surface area contributed by atoms with Crippen molar-refractivity contribution in [2.24, 2.45) is 0 Å². The van der Waals surface area contributed by atoms with Crippen molar-refractivity contribution in [3.8, 4) is 0 Å². The first-order valence-electron chi connectivity index (χ1n) is 12.3. The van der Waals surface area contributed by atoms with Crippen LogP contribution < -0.4 is 14.9 Å². The summed E-state index contributed by atoms with van der Waals surface area (Å²) in [5.41, 5.74) is 2.09. The summed E-state index contributed by atoms with van der Waals surface area (Å²) in [7, 11) is -4.29. The second-order valence-electron chi connectivity index (χ2n) is 8.86. The number of halogens is 1. The molecule has 0 aliphatic heterocycles. The molecule has 200 valence electrons. The lowest BCUT2D eigenvalue weighted by Gasteiger charge is -2.24. The molecule has 4 aromatic rings. The number of amides is 2. The molecule has 0 aliphatic rings. The molecule has 9 heteroatoms. The van der Waals surface area contributed by atoms with E-state index in [9.17, 15) is 22.4 Å². The van der Waals surface area contributed by atoms with Crippen LogP contribution in [0.2, 0.25) is 0 Å². The first-order chi connectivity index (χ1) is 18.8. The van der Waals surface area contributed by atoms with E-state index in [0.29, 0.717) is 13.0 Å². The summed E-state index contributed by atoms with van der Waals surface area (Å²) in [5, 5.41) is 5.46. The number of benzene rings is 4. The highest BCUT2D eigenvalue weighted by Gasteiger charge is 2.29. The lowest BCUT2D eigenvalue weighted by molar-refractivity contribution is -0.114. The Kier molecular flexibility index (Phi) is 8.73. The molecule has 0 fully saturated rings. The molecule has 0 aliphatic carbocycles. The van der Waals surface area contributed by atoms with Gasteiger partial charge >= 0.3 is 0 Å². The summed E-state index contributed by atoms with van der Waals surface area (Å²) < 4.78 is 42.5. The Bertz CT molecular complexity index is 1560. The zero-order chi connectivity index (χ0) is 27.8. The number of para-hydroxylation sites is 2. The molecular formula is C30H28FN3O4S. The molecule has 39 heavy (non-hydrogen) atoms. The predicted octanol–water partition coefficient (Wildman–Crippen LogP) is 4.94. The molecule has 0 bridgehead atoms. The normalized spacial score (nSPS) is 11.0. The number of hydrogen-bond acceptors (Lipinski definition) is 4. The molecule has 0 spiro atoms. The summed E-state index contributed by atoms with van der Waals surface area (Å²) in [6.45, 7) is 1.50. The van der Waals surface area contributed by atoms with E-state index in [2.05, 4.69) is 10.6 Å². The number of carbonyl (C=O) groups is 2. The molecule has 0 saturated heterocycles. The standard InChI is InChI=1S/C30H28FN3O4S/c1-22-15-17-24(18-16-22)39(37,38)34(28-14-8-6-12-26(28)31)21-29(35)33-27-13-7-5-11-25(27)30(36)32-20-19-23-9-3-2-4-10-23/h2-18H,19-21H2,1H3,(H,32,36)(H,33,35). The van der Waals surface area contributed by atoms with Gasteiger partial charge in [0.25, 0.3) is 15.9 Å². The van der Waals surface area contributed by atoms with Crippen molar-refractivity contribution in [1.29, 1.82) is 0 Å². The number of sulfonamides is 1. The quantitative estimate of drug-likeness (QED) is 0.295. The highest BCUT2D eigenvalue weighted by Crippen LogP contribution is 2.27. The van der Waals surface area contributed by atoms with Gasteiger partial charge in [-0.15, -0.1) is 0 Å². The van der Waals surface area contributed by atoms with E-state index < -0.39 is 28.3 Å². The van der Waals surface area contributed by atoms with Gasteiger partial charge in [0.1, 0.15) is 12.4 Å². The van der Waals surface area contributed by atoms with Gasteiger partial charge in [-0.3, -0.25) is 13.9 Å². The van der Waals surface area contributed by atoms with Crippen molar-refractivity contribution in [3.05, 3.63) is 126 Å². The summed E-state index contributed by atoms with van der Waals surface area (Å²) >= 11 is 0. The monoisotopic (exact) mass is 545 g/mol. The maximum absolute atomic E-state index is 14.7. The Hall–Kier alpha value is -4.50. The minimum atomic E-state index is -4.29.